The Balaban J connectivity index is 2.12. The lowest BCUT2D eigenvalue weighted by Gasteiger charge is -2.21. The zero-order valence-corrected chi connectivity index (χ0v) is 10.2. The average molecular weight is 228 g/mol. The van der Waals surface area contributed by atoms with E-state index in [1.54, 1.807) is 7.05 Å². The Kier molecular flexibility index (Phi) is 6.42. The summed E-state index contributed by atoms with van der Waals surface area (Å²) in [5.74, 6) is 0.0863. The van der Waals surface area contributed by atoms with Crippen LogP contribution in [0.5, 0.6) is 0 Å². The third kappa shape index (κ3) is 4.94. The summed E-state index contributed by atoms with van der Waals surface area (Å²) in [7, 11) is 1.66. The zero-order valence-electron chi connectivity index (χ0n) is 10.2. The van der Waals surface area contributed by atoms with Gasteiger partial charge in [-0.3, -0.25) is 4.79 Å². The van der Waals surface area contributed by atoms with Crippen LogP contribution in [0.3, 0.4) is 0 Å². The van der Waals surface area contributed by atoms with Gasteiger partial charge >= 0.3 is 0 Å². The molecule has 0 bridgehead atoms. The normalized spacial score (nSPS) is 26.1. The molecule has 1 saturated carbocycles. The summed E-state index contributed by atoms with van der Waals surface area (Å²) < 4.78 is 0. The molecule has 0 spiro atoms. The van der Waals surface area contributed by atoms with E-state index < -0.39 is 0 Å². The van der Waals surface area contributed by atoms with E-state index in [4.69, 9.17) is 0 Å². The fourth-order valence-electron chi connectivity index (χ4n) is 2.19. The molecule has 0 aromatic carbocycles. The van der Waals surface area contributed by atoms with E-state index in [0.717, 1.165) is 32.2 Å². The Morgan fingerprint density at radius 2 is 2.06 bits per heavy atom. The van der Waals surface area contributed by atoms with Crippen molar-refractivity contribution < 1.29 is 9.90 Å². The minimum Gasteiger partial charge on any atom is -0.392 e. The predicted molar refractivity (Wildman–Crippen MR) is 64.2 cm³/mol. The van der Waals surface area contributed by atoms with Crippen LogP contribution < -0.4 is 10.6 Å². The molecule has 16 heavy (non-hydrogen) atoms. The lowest BCUT2D eigenvalue weighted by Crippen LogP contribution is -2.39. The lowest BCUT2D eigenvalue weighted by molar-refractivity contribution is -0.120. The van der Waals surface area contributed by atoms with Crippen molar-refractivity contribution in [2.24, 2.45) is 0 Å². The van der Waals surface area contributed by atoms with E-state index >= 15 is 0 Å². The molecule has 1 rings (SSSR count). The molecule has 0 heterocycles. The molecule has 2 atom stereocenters. The van der Waals surface area contributed by atoms with Crippen LogP contribution >= 0.6 is 0 Å². The van der Waals surface area contributed by atoms with Crippen molar-refractivity contribution in [3.63, 3.8) is 0 Å². The van der Waals surface area contributed by atoms with Crippen LogP contribution in [0.2, 0.25) is 0 Å². The highest BCUT2D eigenvalue weighted by molar-refractivity contribution is 5.75. The Hall–Kier alpha value is -0.610. The maximum atomic E-state index is 11.0. The first-order valence-corrected chi connectivity index (χ1v) is 6.36. The molecule has 0 aromatic rings. The minimum atomic E-state index is -0.206. The Labute approximate surface area is 97.8 Å². The monoisotopic (exact) mass is 228 g/mol. The van der Waals surface area contributed by atoms with Crippen molar-refractivity contribution in [2.45, 2.75) is 57.1 Å². The van der Waals surface area contributed by atoms with E-state index in [2.05, 4.69) is 10.6 Å². The van der Waals surface area contributed by atoms with Crippen LogP contribution in [0.25, 0.3) is 0 Å². The van der Waals surface area contributed by atoms with Gasteiger partial charge in [0.25, 0.3) is 0 Å². The molecule has 0 radical (unpaired) electrons. The standard InChI is InChI=1S/C12H24N2O2/c1-13-12(16)8-5-9-14-10-6-3-2-4-7-11(10)15/h10-11,14-15H,2-9H2,1H3,(H,13,16). The largest absolute Gasteiger partial charge is 0.392 e. The van der Waals surface area contributed by atoms with Gasteiger partial charge in [0.1, 0.15) is 0 Å². The summed E-state index contributed by atoms with van der Waals surface area (Å²) in [6, 6.07) is 0.229. The van der Waals surface area contributed by atoms with Crippen molar-refractivity contribution in [2.75, 3.05) is 13.6 Å². The van der Waals surface area contributed by atoms with Gasteiger partial charge in [0.15, 0.2) is 0 Å². The average Bonchev–Trinajstić information content (AvgIpc) is 2.49. The number of carbonyl (C=O) groups excluding carboxylic acids is 1. The summed E-state index contributed by atoms with van der Waals surface area (Å²) in [6.45, 7) is 0.815. The van der Waals surface area contributed by atoms with Gasteiger partial charge in [-0.05, 0) is 25.8 Å². The molecule has 2 unspecified atom stereocenters. The summed E-state index contributed by atoms with van der Waals surface area (Å²) in [5.41, 5.74) is 0. The van der Waals surface area contributed by atoms with Crippen molar-refractivity contribution in [3.8, 4) is 0 Å². The summed E-state index contributed by atoms with van der Waals surface area (Å²) >= 11 is 0. The highest BCUT2D eigenvalue weighted by atomic mass is 16.3. The van der Waals surface area contributed by atoms with E-state index in [0.29, 0.717) is 6.42 Å². The van der Waals surface area contributed by atoms with E-state index in [-0.39, 0.29) is 18.1 Å². The van der Waals surface area contributed by atoms with Gasteiger partial charge in [-0.2, -0.15) is 0 Å². The third-order valence-corrected chi connectivity index (χ3v) is 3.25. The minimum absolute atomic E-state index is 0.0863. The lowest BCUT2D eigenvalue weighted by atomic mass is 10.1. The number of hydrogen-bond acceptors (Lipinski definition) is 3. The number of carbonyl (C=O) groups is 1. The maximum Gasteiger partial charge on any atom is 0.219 e. The van der Waals surface area contributed by atoms with Crippen LogP contribution in [0.15, 0.2) is 0 Å². The van der Waals surface area contributed by atoms with Gasteiger partial charge in [-0.1, -0.05) is 19.3 Å². The molecular formula is C12H24N2O2. The molecule has 1 aliphatic rings. The second-order valence-corrected chi connectivity index (χ2v) is 4.54. The van der Waals surface area contributed by atoms with Crippen LogP contribution in [-0.4, -0.2) is 36.8 Å². The van der Waals surface area contributed by atoms with E-state index in [1.807, 2.05) is 0 Å². The van der Waals surface area contributed by atoms with Gasteiger partial charge in [0.2, 0.25) is 5.91 Å². The molecule has 0 aliphatic heterocycles. The Morgan fingerprint density at radius 1 is 1.31 bits per heavy atom. The van der Waals surface area contributed by atoms with Crippen molar-refractivity contribution in [3.05, 3.63) is 0 Å². The Bertz CT molecular complexity index is 209. The highest BCUT2D eigenvalue weighted by Crippen LogP contribution is 2.17. The Morgan fingerprint density at radius 3 is 2.81 bits per heavy atom. The van der Waals surface area contributed by atoms with E-state index in [1.165, 1.54) is 12.8 Å². The van der Waals surface area contributed by atoms with Crippen LogP contribution in [0.4, 0.5) is 0 Å². The fraction of sp³-hybridized carbons (Fsp3) is 0.917. The maximum absolute atomic E-state index is 11.0. The third-order valence-electron chi connectivity index (χ3n) is 3.25. The molecular weight excluding hydrogens is 204 g/mol. The van der Waals surface area contributed by atoms with Crippen molar-refractivity contribution in [1.29, 1.82) is 0 Å². The summed E-state index contributed by atoms with van der Waals surface area (Å²) in [5, 5.41) is 15.8. The molecule has 4 heteroatoms. The second kappa shape index (κ2) is 7.63. The van der Waals surface area contributed by atoms with Crippen molar-refractivity contribution >= 4 is 5.91 Å². The molecule has 0 aromatic heterocycles. The fourth-order valence-corrected chi connectivity index (χ4v) is 2.19. The molecule has 1 fully saturated rings. The smallest absolute Gasteiger partial charge is 0.219 e. The number of amides is 1. The predicted octanol–water partition coefficient (Wildman–Crippen LogP) is 0.796. The van der Waals surface area contributed by atoms with Crippen LogP contribution in [0, 0.1) is 0 Å². The SMILES string of the molecule is CNC(=O)CCCNC1CCCCCC1O. The van der Waals surface area contributed by atoms with Gasteiger partial charge in [0, 0.05) is 19.5 Å². The van der Waals surface area contributed by atoms with Gasteiger partial charge in [-0.15, -0.1) is 0 Å². The first-order chi connectivity index (χ1) is 7.74. The number of aliphatic hydroxyl groups excluding tert-OH is 1. The van der Waals surface area contributed by atoms with Crippen LogP contribution in [-0.2, 0) is 4.79 Å². The van der Waals surface area contributed by atoms with Gasteiger partial charge in [0.05, 0.1) is 6.10 Å². The zero-order chi connectivity index (χ0) is 11.8. The highest BCUT2D eigenvalue weighted by Gasteiger charge is 2.20. The first kappa shape index (κ1) is 13.5. The molecule has 0 saturated heterocycles. The van der Waals surface area contributed by atoms with Gasteiger partial charge in [-0.25, -0.2) is 0 Å². The second-order valence-electron chi connectivity index (χ2n) is 4.54. The molecule has 1 aliphatic carbocycles. The molecule has 3 N–H and O–H groups in total. The van der Waals surface area contributed by atoms with E-state index in [9.17, 15) is 9.90 Å². The van der Waals surface area contributed by atoms with Crippen molar-refractivity contribution in [1.82, 2.24) is 10.6 Å². The van der Waals surface area contributed by atoms with Crippen LogP contribution in [0.1, 0.15) is 44.9 Å². The number of rotatable bonds is 5. The molecule has 94 valence electrons. The van der Waals surface area contributed by atoms with Gasteiger partial charge < -0.3 is 15.7 Å². The quantitative estimate of drug-likeness (QED) is 0.482. The summed E-state index contributed by atoms with van der Waals surface area (Å²) in [4.78, 5) is 11.0. The first-order valence-electron chi connectivity index (χ1n) is 6.36. The number of nitrogens with one attached hydrogen (secondary N) is 2. The topological polar surface area (TPSA) is 61.4 Å². The molecule has 1 amide bonds. The number of aliphatic hydroxyl groups is 1. The number of hydrogen-bond donors (Lipinski definition) is 3. The summed E-state index contributed by atoms with van der Waals surface area (Å²) in [6.07, 6.45) is 6.72. The molecule has 4 nitrogen and oxygen atoms in total.